The van der Waals surface area contributed by atoms with Crippen LogP contribution in [0.5, 0.6) is 0 Å². The second-order valence-electron chi connectivity index (χ2n) is 5.89. The number of carbonyl (C=O) groups excluding carboxylic acids is 1. The molecular weight excluding hydrogens is 284 g/mol. The minimum absolute atomic E-state index is 0.102. The summed E-state index contributed by atoms with van der Waals surface area (Å²) in [6.07, 6.45) is 3.67. The third-order valence-electron chi connectivity index (χ3n) is 3.74. The standard InChI is InChI=1S/C15H26N4OS/c1-12-5-3-7-19(10-12)8-4-6-16-15(20)17-9-14-18-13(2)11-21-14/h11-12H,3-10H2,1-2H3,(H2,16,17,20)/t12-/m0/s1. The van der Waals surface area contributed by atoms with E-state index in [0.717, 1.165) is 36.1 Å². The topological polar surface area (TPSA) is 57.3 Å². The van der Waals surface area contributed by atoms with E-state index in [1.54, 1.807) is 11.3 Å². The molecule has 21 heavy (non-hydrogen) atoms. The first-order valence-corrected chi connectivity index (χ1v) is 8.66. The van der Waals surface area contributed by atoms with Gasteiger partial charge >= 0.3 is 6.03 Å². The van der Waals surface area contributed by atoms with Gasteiger partial charge in [0.25, 0.3) is 0 Å². The Kier molecular flexibility index (Phi) is 6.45. The maximum atomic E-state index is 11.7. The van der Waals surface area contributed by atoms with E-state index >= 15 is 0 Å². The maximum Gasteiger partial charge on any atom is 0.315 e. The minimum Gasteiger partial charge on any atom is -0.338 e. The van der Waals surface area contributed by atoms with E-state index in [-0.39, 0.29) is 6.03 Å². The molecule has 0 aliphatic carbocycles. The van der Waals surface area contributed by atoms with E-state index in [2.05, 4.69) is 27.4 Å². The highest BCUT2D eigenvalue weighted by atomic mass is 32.1. The minimum atomic E-state index is -0.102. The number of aryl methyl sites for hydroxylation is 1. The fourth-order valence-electron chi connectivity index (χ4n) is 2.70. The lowest BCUT2D eigenvalue weighted by molar-refractivity contribution is 0.181. The molecule has 6 heteroatoms. The number of piperidine rings is 1. The van der Waals surface area contributed by atoms with E-state index in [1.807, 2.05) is 12.3 Å². The molecule has 2 heterocycles. The number of hydrogen-bond donors (Lipinski definition) is 2. The lowest BCUT2D eigenvalue weighted by Crippen LogP contribution is -2.38. The number of carbonyl (C=O) groups is 1. The molecule has 1 aliphatic heterocycles. The summed E-state index contributed by atoms with van der Waals surface area (Å²) in [6, 6.07) is -0.102. The summed E-state index contributed by atoms with van der Waals surface area (Å²) in [4.78, 5) is 18.5. The molecule has 1 aliphatic rings. The van der Waals surface area contributed by atoms with E-state index in [4.69, 9.17) is 0 Å². The molecule has 0 saturated carbocycles. The summed E-state index contributed by atoms with van der Waals surface area (Å²) in [6.45, 7) is 9.01. The molecule has 5 nitrogen and oxygen atoms in total. The van der Waals surface area contributed by atoms with E-state index in [9.17, 15) is 4.79 Å². The number of nitrogens with zero attached hydrogens (tertiary/aromatic N) is 2. The van der Waals surface area contributed by atoms with Crippen LogP contribution < -0.4 is 10.6 Å². The quantitative estimate of drug-likeness (QED) is 0.793. The van der Waals surface area contributed by atoms with Crippen molar-refractivity contribution in [3.63, 3.8) is 0 Å². The van der Waals surface area contributed by atoms with Crippen molar-refractivity contribution in [2.24, 2.45) is 5.92 Å². The number of aromatic nitrogens is 1. The van der Waals surface area contributed by atoms with Crippen molar-refractivity contribution in [2.45, 2.75) is 39.7 Å². The maximum absolute atomic E-state index is 11.7. The van der Waals surface area contributed by atoms with Gasteiger partial charge in [0.1, 0.15) is 5.01 Å². The number of likely N-dealkylation sites (tertiary alicyclic amines) is 1. The van der Waals surface area contributed by atoms with Gasteiger partial charge in [0, 0.05) is 24.2 Å². The summed E-state index contributed by atoms with van der Waals surface area (Å²) in [5, 5.41) is 8.70. The van der Waals surface area contributed by atoms with Crippen molar-refractivity contribution in [1.82, 2.24) is 20.5 Å². The Morgan fingerprint density at radius 1 is 1.52 bits per heavy atom. The zero-order valence-electron chi connectivity index (χ0n) is 13.0. The van der Waals surface area contributed by atoms with Crippen LogP contribution >= 0.6 is 11.3 Å². The predicted molar refractivity (Wildman–Crippen MR) is 86.5 cm³/mol. The Balaban J connectivity index is 1.53. The highest BCUT2D eigenvalue weighted by Crippen LogP contribution is 2.15. The van der Waals surface area contributed by atoms with Crippen LogP contribution in [0.25, 0.3) is 0 Å². The second kappa shape index (κ2) is 8.34. The first kappa shape index (κ1) is 16.2. The second-order valence-corrected chi connectivity index (χ2v) is 6.84. The molecule has 1 fully saturated rings. The molecule has 1 aromatic heterocycles. The average molecular weight is 310 g/mol. The van der Waals surface area contributed by atoms with Crippen LogP contribution in [0.4, 0.5) is 4.79 Å². The third kappa shape index (κ3) is 6.01. The van der Waals surface area contributed by atoms with Crippen molar-refractivity contribution in [2.75, 3.05) is 26.2 Å². The fraction of sp³-hybridized carbons (Fsp3) is 0.733. The monoisotopic (exact) mass is 310 g/mol. The molecule has 1 atom stereocenters. The zero-order valence-corrected chi connectivity index (χ0v) is 13.8. The SMILES string of the molecule is Cc1csc(CNC(=O)NCCCN2CCC[C@H](C)C2)n1. The Bertz CT molecular complexity index is 449. The predicted octanol–water partition coefficient (Wildman–Crippen LogP) is 2.37. The highest BCUT2D eigenvalue weighted by molar-refractivity contribution is 7.09. The molecule has 2 rings (SSSR count). The molecule has 1 aromatic rings. The van der Waals surface area contributed by atoms with Crippen LogP contribution in [0.1, 0.15) is 36.9 Å². The van der Waals surface area contributed by atoms with Crippen molar-refractivity contribution < 1.29 is 4.79 Å². The normalized spacial score (nSPS) is 19.4. The number of thiazole rings is 1. The van der Waals surface area contributed by atoms with E-state index in [1.165, 1.54) is 25.9 Å². The van der Waals surface area contributed by atoms with Crippen LogP contribution in [0.2, 0.25) is 0 Å². The summed E-state index contributed by atoms with van der Waals surface area (Å²) in [5.74, 6) is 0.816. The van der Waals surface area contributed by atoms with Crippen molar-refractivity contribution in [3.05, 3.63) is 16.1 Å². The fourth-order valence-corrected chi connectivity index (χ4v) is 3.41. The smallest absolute Gasteiger partial charge is 0.315 e. The molecule has 0 bridgehead atoms. The number of urea groups is 1. The zero-order chi connectivity index (χ0) is 15.1. The Morgan fingerprint density at radius 2 is 2.38 bits per heavy atom. The molecule has 2 N–H and O–H groups in total. The van der Waals surface area contributed by atoms with Gasteiger partial charge in [-0.1, -0.05) is 6.92 Å². The highest BCUT2D eigenvalue weighted by Gasteiger charge is 2.15. The van der Waals surface area contributed by atoms with Gasteiger partial charge in [-0.15, -0.1) is 11.3 Å². The summed E-state index contributed by atoms with van der Waals surface area (Å²) >= 11 is 1.58. The molecule has 1 saturated heterocycles. The van der Waals surface area contributed by atoms with E-state index < -0.39 is 0 Å². The Hall–Kier alpha value is -1.14. The Labute approximate surface area is 131 Å². The average Bonchev–Trinajstić information content (AvgIpc) is 2.87. The van der Waals surface area contributed by atoms with Crippen molar-refractivity contribution >= 4 is 17.4 Å². The van der Waals surface area contributed by atoms with Crippen LogP contribution in [0.15, 0.2) is 5.38 Å². The first-order valence-electron chi connectivity index (χ1n) is 7.78. The van der Waals surface area contributed by atoms with Gasteiger partial charge in [0.15, 0.2) is 0 Å². The molecule has 0 spiro atoms. The molecule has 2 amide bonds. The first-order chi connectivity index (χ1) is 10.1. The molecular formula is C15H26N4OS. The summed E-state index contributed by atoms with van der Waals surface area (Å²) in [7, 11) is 0. The molecule has 118 valence electrons. The molecule has 0 unspecified atom stereocenters. The van der Waals surface area contributed by atoms with Gasteiger partial charge in [-0.25, -0.2) is 9.78 Å². The van der Waals surface area contributed by atoms with Crippen LogP contribution in [-0.4, -0.2) is 42.1 Å². The van der Waals surface area contributed by atoms with Gasteiger partial charge in [0.05, 0.1) is 6.54 Å². The van der Waals surface area contributed by atoms with Gasteiger partial charge in [-0.05, 0) is 45.2 Å². The van der Waals surface area contributed by atoms with Gasteiger partial charge in [-0.3, -0.25) is 0 Å². The van der Waals surface area contributed by atoms with Gasteiger partial charge < -0.3 is 15.5 Å². The van der Waals surface area contributed by atoms with Gasteiger partial charge in [0.2, 0.25) is 0 Å². The van der Waals surface area contributed by atoms with Crippen molar-refractivity contribution in [1.29, 1.82) is 0 Å². The third-order valence-corrected chi connectivity index (χ3v) is 4.71. The number of rotatable bonds is 6. The summed E-state index contributed by atoms with van der Waals surface area (Å²) < 4.78 is 0. The largest absolute Gasteiger partial charge is 0.338 e. The number of nitrogens with one attached hydrogen (secondary N) is 2. The Morgan fingerprint density at radius 3 is 3.10 bits per heavy atom. The molecule has 0 radical (unpaired) electrons. The van der Waals surface area contributed by atoms with E-state index in [0.29, 0.717) is 6.54 Å². The van der Waals surface area contributed by atoms with Crippen molar-refractivity contribution in [3.8, 4) is 0 Å². The van der Waals surface area contributed by atoms with Gasteiger partial charge in [-0.2, -0.15) is 0 Å². The number of amides is 2. The van der Waals surface area contributed by atoms with Crippen LogP contribution in [0, 0.1) is 12.8 Å². The summed E-state index contributed by atoms with van der Waals surface area (Å²) in [5.41, 5.74) is 1.01. The number of hydrogen-bond acceptors (Lipinski definition) is 4. The van der Waals surface area contributed by atoms with Crippen LogP contribution in [-0.2, 0) is 6.54 Å². The molecule has 0 aromatic carbocycles. The lowest BCUT2D eigenvalue weighted by Gasteiger charge is -2.30. The van der Waals surface area contributed by atoms with Crippen LogP contribution in [0.3, 0.4) is 0 Å². The lowest BCUT2D eigenvalue weighted by atomic mass is 10.0.